The van der Waals surface area contributed by atoms with Crippen molar-refractivity contribution in [3.63, 3.8) is 0 Å². The Morgan fingerprint density at radius 2 is 1.30 bits per heavy atom. The topological polar surface area (TPSA) is 0 Å². The molecular formula is C39H32Cl2FeSiZr-2. The van der Waals surface area contributed by atoms with Gasteiger partial charge in [-0.25, -0.2) is 24.3 Å². The molecule has 0 unspecified atom stereocenters. The Morgan fingerprint density at radius 1 is 0.682 bits per heavy atom. The summed E-state index contributed by atoms with van der Waals surface area (Å²) in [6.07, 6.45) is 4.27. The monoisotopic (exact) mass is 744 g/mol. The van der Waals surface area contributed by atoms with Crippen LogP contribution in [0.4, 0.5) is 0 Å². The van der Waals surface area contributed by atoms with E-state index >= 15 is 0 Å². The molecule has 0 amide bonds. The van der Waals surface area contributed by atoms with Crippen molar-refractivity contribution in [2.45, 2.75) is 32.6 Å². The fourth-order valence-corrected chi connectivity index (χ4v) is 5.67. The van der Waals surface area contributed by atoms with Gasteiger partial charge >= 0.3 is 47.3 Å². The van der Waals surface area contributed by atoms with E-state index in [1.54, 1.807) is 0 Å². The van der Waals surface area contributed by atoms with Gasteiger partial charge in [0, 0.05) is 0 Å². The Balaban J connectivity index is 0.000000252. The van der Waals surface area contributed by atoms with E-state index in [-0.39, 0.29) is 41.9 Å². The Morgan fingerprint density at radius 3 is 1.91 bits per heavy atom. The molecule has 0 nitrogen and oxygen atoms in total. The number of benzene rings is 4. The van der Waals surface area contributed by atoms with Crippen LogP contribution in [0.15, 0.2) is 127 Å². The van der Waals surface area contributed by atoms with Gasteiger partial charge in [-0.05, 0) is 25.7 Å². The van der Waals surface area contributed by atoms with Crippen molar-refractivity contribution in [2.24, 2.45) is 0 Å². The Labute approximate surface area is 302 Å². The summed E-state index contributed by atoms with van der Waals surface area (Å²) >= 11 is 1.36. The first-order valence-electron chi connectivity index (χ1n) is 14.1. The standard InChI is InChI=1S/C21H18.C13H9.C5H5.2ClH.Fe.Si.Zr/c1-15-12-21-19(14-18-8-4-5-9-20(18)21)13-17(15)11-10-16-6-2-3-7-16;1-3-7-12-10(5-1)9-11-6-2-4-8-13(11)12;1-2-4-5-3-1;;;;;/h2-9,12H,10-11,14H2,1H3;1-5,7-8H,9H2;1-5H;2*1H;;;/q-2;2*-1;;;+2;;+2/p-2. The third kappa shape index (κ3) is 9.40. The minimum Gasteiger partial charge on any atom is -0.214 e. The fourth-order valence-electron chi connectivity index (χ4n) is 5.67. The maximum Gasteiger partial charge on any atom is -0.0253 e. The molecule has 0 spiro atoms. The van der Waals surface area contributed by atoms with Crippen molar-refractivity contribution in [1.29, 1.82) is 0 Å². The van der Waals surface area contributed by atoms with Gasteiger partial charge in [0.2, 0.25) is 0 Å². The van der Waals surface area contributed by atoms with Crippen LogP contribution in [0.25, 0.3) is 22.3 Å². The first-order valence-corrected chi connectivity index (χ1v) is 18.3. The van der Waals surface area contributed by atoms with Crippen molar-refractivity contribution in [1.82, 2.24) is 0 Å². The number of fused-ring (bicyclic) bond motifs is 6. The van der Waals surface area contributed by atoms with E-state index in [1.807, 2.05) is 36.4 Å². The average molecular weight is 747 g/mol. The molecule has 5 heteroatoms. The number of halogens is 2. The predicted octanol–water partition coefficient (Wildman–Crippen LogP) is 2.96. The fraction of sp³-hybridized carbons (Fsp3) is 0.128. The van der Waals surface area contributed by atoms with Crippen LogP contribution >= 0.6 is 0 Å². The van der Waals surface area contributed by atoms with Gasteiger partial charge in [0.05, 0.1) is 0 Å². The van der Waals surface area contributed by atoms with E-state index in [1.165, 1.54) is 84.5 Å². The van der Waals surface area contributed by atoms with E-state index < -0.39 is 0 Å². The molecule has 220 valence electrons. The maximum absolute atomic E-state index is 3.70. The van der Waals surface area contributed by atoms with E-state index in [9.17, 15) is 0 Å². The second kappa shape index (κ2) is 19.3. The first-order chi connectivity index (χ1) is 20.3. The molecule has 0 saturated carbocycles. The van der Waals surface area contributed by atoms with Crippen LogP contribution in [0.2, 0.25) is 0 Å². The first kappa shape index (κ1) is 38.0. The molecule has 0 saturated heterocycles. The third-order valence-corrected chi connectivity index (χ3v) is 7.71. The van der Waals surface area contributed by atoms with Crippen molar-refractivity contribution in [2.75, 3.05) is 0 Å². The van der Waals surface area contributed by atoms with Crippen molar-refractivity contribution in [3.8, 4) is 22.3 Å². The molecule has 0 heterocycles. The largest absolute Gasteiger partial charge is 0.214 e. The van der Waals surface area contributed by atoms with Crippen molar-refractivity contribution >= 4 is 6.88 Å². The number of hydrogen-bond acceptors (Lipinski definition) is 0. The second-order valence-corrected chi connectivity index (χ2v) is 10.3. The van der Waals surface area contributed by atoms with E-state index in [0.29, 0.717) is 0 Å². The summed E-state index contributed by atoms with van der Waals surface area (Å²) in [5.41, 5.74) is 15.3. The smallest absolute Gasteiger partial charge is 0.0253 e. The molecule has 0 bridgehead atoms. The molecule has 2 radical (unpaired) electrons. The number of aryl methyl sites for hydroxylation is 3. The van der Waals surface area contributed by atoms with E-state index in [4.69, 9.17) is 0 Å². The molecule has 6 aromatic rings. The molecule has 0 aromatic heterocycles. The summed E-state index contributed by atoms with van der Waals surface area (Å²) in [4.78, 5) is 0. The maximum atomic E-state index is 3.70. The molecule has 2 aliphatic rings. The Hall–Kier alpha value is -2.22. The summed E-state index contributed by atoms with van der Waals surface area (Å²) in [6, 6.07) is 51.6. The zero-order valence-corrected chi connectivity index (χ0v) is 30.6. The molecule has 8 rings (SSSR count). The van der Waals surface area contributed by atoms with Gasteiger partial charge in [0.1, 0.15) is 0 Å². The molecule has 0 atom stereocenters. The summed E-state index contributed by atoms with van der Waals surface area (Å²) < 4.78 is 0. The van der Waals surface area contributed by atoms with Gasteiger partial charge in [-0.1, -0.05) is 77.7 Å². The summed E-state index contributed by atoms with van der Waals surface area (Å²) in [5.74, 6) is 0. The summed E-state index contributed by atoms with van der Waals surface area (Å²) in [6.45, 7) is 5.28. The number of hydrogen-bond donors (Lipinski definition) is 0. The Kier molecular flexibility index (Phi) is 16.7. The normalized spacial score (nSPS) is 10.5. The van der Waals surface area contributed by atoms with Crippen molar-refractivity contribution in [3.05, 3.63) is 178 Å². The predicted molar refractivity (Wildman–Crippen MR) is 169 cm³/mol. The van der Waals surface area contributed by atoms with E-state index in [2.05, 4.69) is 117 Å². The molecule has 0 fully saturated rings. The SMILES string of the molecule is Cc1cc2c([c-]c1CCc1ccc[cH-]1)Cc1ccccc1-2.[Cl-].[Cl-].[Fe+2].[Si]=[Zr+2].[c-]1cccc2c1Cc1ccccc1-2.c1cc[cH-]c1. The van der Waals surface area contributed by atoms with Gasteiger partial charge in [-0.3, -0.25) is 0 Å². The Bertz CT molecular complexity index is 1630. The van der Waals surface area contributed by atoms with Gasteiger partial charge < -0.3 is 24.8 Å². The van der Waals surface area contributed by atoms with Crippen LogP contribution in [0.3, 0.4) is 0 Å². The molecule has 44 heavy (non-hydrogen) atoms. The summed E-state index contributed by atoms with van der Waals surface area (Å²) in [7, 11) is 0. The molecule has 6 aromatic carbocycles. The molecular weight excluding hydrogens is 714 g/mol. The average Bonchev–Trinajstić information content (AvgIpc) is 3.85. The quantitative estimate of drug-likeness (QED) is 0.193. The van der Waals surface area contributed by atoms with E-state index in [0.717, 1.165) is 25.7 Å². The minimum atomic E-state index is 0. The molecule has 0 N–H and O–H groups in total. The molecule has 0 aliphatic heterocycles. The van der Waals surface area contributed by atoms with Crippen LogP contribution in [-0.4, -0.2) is 6.88 Å². The van der Waals surface area contributed by atoms with Gasteiger partial charge in [0.25, 0.3) is 0 Å². The van der Waals surface area contributed by atoms with Crippen LogP contribution in [0.1, 0.15) is 38.9 Å². The minimum absolute atomic E-state index is 0. The summed E-state index contributed by atoms with van der Waals surface area (Å²) in [5, 5.41) is 0. The van der Waals surface area contributed by atoms with Crippen LogP contribution in [0.5, 0.6) is 0 Å². The second-order valence-electron chi connectivity index (χ2n) is 10.3. The van der Waals surface area contributed by atoms with Crippen LogP contribution in [-0.2, 0) is 66.1 Å². The van der Waals surface area contributed by atoms with Crippen molar-refractivity contribution < 1.29 is 65.2 Å². The van der Waals surface area contributed by atoms with Crippen LogP contribution in [0, 0.1) is 19.1 Å². The zero-order chi connectivity index (χ0) is 28.4. The van der Waals surface area contributed by atoms with Gasteiger partial charge in [0.15, 0.2) is 0 Å². The zero-order valence-electron chi connectivity index (χ0n) is 24.6. The third-order valence-electron chi connectivity index (χ3n) is 7.71. The van der Waals surface area contributed by atoms with Gasteiger partial charge in [-0.15, -0.1) is 16.7 Å². The molecule has 2 aliphatic carbocycles. The van der Waals surface area contributed by atoms with Gasteiger partial charge in [-0.2, -0.15) is 89.0 Å². The van der Waals surface area contributed by atoms with Crippen LogP contribution < -0.4 is 24.8 Å². The number of rotatable bonds is 3.